The molecule has 1 heterocycles. The van der Waals surface area contributed by atoms with Gasteiger partial charge < -0.3 is 14.6 Å². The Morgan fingerprint density at radius 3 is 3.09 bits per heavy atom. The molecular formula is C8H12O3. The van der Waals surface area contributed by atoms with Crippen LogP contribution in [0, 0.1) is 5.92 Å². The molecular weight excluding hydrogens is 144 g/mol. The largest absolute Gasteiger partial charge is 0.389 e. The highest BCUT2D eigenvalue weighted by Gasteiger charge is 2.39. The second-order valence-electron chi connectivity index (χ2n) is 3.13. The third-order valence-electron chi connectivity index (χ3n) is 2.47. The van der Waals surface area contributed by atoms with Gasteiger partial charge in [0.2, 0.25) is 0 Å². The number of ether oxygens (including phenoxy) is 2. The Morgan fingerprint density at radius 1 is 1.55 bits per heavy atom. The van der Waals surface area contributed by atoms with Crippen LogP contribution in [-0.2, 0) is 9.47 Å². The van der Waals surface area contributed by atoms with Crippen molar-refractivity contribution in [3.63, 3.8) is 0 Å². The van der Waals surface area contributed by atoms with Crippen LogP contribution >= 0.6 is 0 Å². The van der Waals surface area contributed by atoms with Crippen LogP contribution in [0.4, 0.5) is 0 Å². The summed E-state index contributed by atoms with van der Waals surface area (Å²) in [5.74, 6) is 0.221. The smallest absolute Gasteiger partial charge is 0.147 e. The van der Waals surface area contributed by atoms with E-state index in [1.807, 2.05) is 0 Å². The van der Waals surface area contributed by atoms with Crippen LogP contribution in [0.15, 0.2) is 12.2 Å². The van der Waals surface area contributed by atoms with E-state index in [0.717, 1.165) is 5.57 Å². The highest BCUT2D eigenvalue weighted by molar-refractivity contribution is 5.16. The van der Waals surface area contributed by atoms with Gasteiger partial charge in [0.15, 0.2) is 0 Å². The third kappa shape index (κ3) is 1.09. The number of aliphatic hydroxyl groups is 1. The van der Waals surface area contributed by atoms with Gasteiger partial charge in [-0.05, 0) is 5.57 Å². The highest BCUT2D eigenvalue weighted by atomic mass is 16.7. The fourth-order valence-corrected chi connectivity index (χ4v) is 1.73. The molecule has 62 valence electrons. The van der Waals surface area contributed by atoms with E-state index in [4.69, 9.17) is 9.47 Å². The Morgan fingerprint density at radius 2 is 2.36 bits per heavy atom. The zero-order valence-corrected chi connectivity index (χ0v) is 6.32. The fraction of sp³-hybridized carbons (Fsp3) is 0.750. The maximum absolute atomic E-state index is 9.39. The van der Waals surface area contributed by atoms with Gasteiger partial charge in [-0.25, -0.2) is 0 Å². The van der Waals surface area contributed by atoms with Gasteiger partial charge in [-0.3, -0.25) is 0 Å². The van der Waals surface area contributed by atoms with Crippen LogP contribution in [-0.4, -0.2) is 30.7 Å². The Kier molecular flexibility index (Phi) is 1.71. The summed E-state index contributed by atoms with van der Waals surface area (Å²) < 4.78 is 10.4. The molecule has 2 rings (SSSR count). The number of hydrogen-bond donors (Lipinski definition) is 1. The van der Waals surface area contributed by atoms with Crippen molar-refractivity contribution in [1.82, 2.24) is 0 Å². The van der Waals surface area contributed by atoms with Gasteiger partial charge in [0, 0.05) is 12.3 Å². The van der Waals surface area contributed by atoms with Crippen LogP contribution < -0.4 is 0 Å². The molecule has 1 aliphatic heterocycles. The van der Waals surface area contributed by atoms with E-state index in [1.165, 1.54) is 0 Å². The Labute approximate surface area is 65.6 Å². The van der Waals surface area contributed by atoms with Gasteiger partial charge in [0.05, 0.1) is 18.8 Å². The number of aliphatic hydroxyl groups excluding tert-OH is 1. The number of fused-ring (bicyclic) bond motifs is 1. The molecule has 0 spiro atoms. The first-order valence-electron chi connectivity index (χ1n) is 3.85. The maximum atomic E-state index is 9.39. The third-order valence-corrected chi connectivity index (χ3v) is 2.47. The molecule has 0 aromatic rings. The van der Waals surface area contributed by atoms with Gasteiger partial charge in [-0.15, -0.1) is 0 Å². The van der Waals surface area contributed by atoms with Crippen molar-refractivity contribution in [3.8, 4) is 0 Å². The molecule has 2 aliphatic rings. The molecule has 1 N–H and O–H groups in total. The van der Waals surface area contributed by atoms with E-state index in [2.05, 4.69) is 6.58 Å². The normalized spacial score (nSPS) is 44.1. The molecule has 2 unspecified atom stereocenters. The van der Waals surface area contributed by atoms with Crippen molar-refractivity contribution in [2.45, 2.75) is 18.6 Å². The van der Waals surface area contributed by atoms with Gasteiger partial charge in [0.25, 0.3) is 0 Å². The second-order valence-corrected chi connectivity index (χ2v) is 3.13. The topological polar surface area (TPSA) is 38.7 Å². The fourth-order valence-electron chi connectivity index (χ4n) is 1.73. The first-order chi connectivity index (χ1) is 5.29. The first-order valence-corrected chi connectivity index (χ1v) is 3.85. The molecule has 3 nitrogen and oxygen atoms in total. The molecule has 1 saturated heterocycles. The van der Waals surface area contributed by atoms with Crippen LogP contribution in [0.1, 0.15) is 6.42 Å². The molecule has 1 saturated carbocycles. The second kappa shape index (κ2) is 2.59. The summed E-state index contributed by atoms with van der Waals surface area (Å²) in [5, 5.41) is 9.39. The Balaban J connectivity index is 2.11. The van der Waals surface area contributed by atoms with Crippen LogP contribution in [0.3, 0.4) is 0 Å². The average molecular weight is 156 g/mol. The summed E-state index contributed by atoms with van der Waals surface area (Å²) in [6.45, 7) is 4.83. The standard InChI is InChI=1S/C8H12O3/c1-5-6-3-10-4-11-8(6)2-7(5)9/h6-9H,1-4H2/t6?,7-,8?/m1/s1. The molecule has 3 atom stereocenters. The molecule has 0 aromatic heterocycles. The van der Waals surface area contributed by atoms with Gasteiger partial charge >= 0.3 is 0 Å². The summed E-state index contributed by atoms with van der Waals surface area (Å²) in [6, 6.07) is 0. The zero-order chi connectivity index (χ0) is 7.84. The molecule has 1 aliphatic carbocycles. The average Bonchev–Trinajstić information content (AvgIpc) is 2.30. The number of hydrogen-bond acceptors (Lipinski definition) is 3. The van der Waals surface area contributed by atoms with E-state index >= 15 is 0 Å². The van der Waals surface area contributed by atoms with Crippen molar-refractivity contribution in [3.05, 3.63) is 12.2 Å². The van der Waals surface area contributed by atoms with Crippen molar-refractivity contribution in [1.29, 1.82) is 0 Å². The van der Waals surface area contributed by atoms with Crippen molar-refractivity contribution >= 4 is 0 Å². The summed E-state index contributed by atoms with van der Waals surface area (Å²) in [4.78, 5) is 0. The van der Waals surface area contributed by atoms with Gasteiger partial charge in [-0.1, -0.05) is 6.58 Å². The molecule has 3 heteroatoms. The van der Waals surface area contributed by atoms with Crippen molar-refractivity contribution in [2.24, 2.45) is 5.92 Å². The lowest BCUT2D eigenvalue weighted by Gasteiger charge is -2.25. The summed E-state index contributed by atoms with van der Waals surface area (Å²) >= 11 is 0. The SMILES string of the molecule is C=C1C2COCOC2C[C@H]1O. The van der Waals surface area contributed by atoms with E-state index in [-0.39, 0.29) is 18.1 Å². The minimum Gasteiger partial charge on any atom is -0.389 e. The lowest BCUT2D eigenvalue weighted by atomic mass is 10.0. The monoisotopic (exact) mass is 156 g/mol. The predicted octanol–water partition coefficient (Wildman–Crippen LogP) is 0.296. The molecule has 2 fully saturated rings. The van der Waals surface area contributed by atoms with E-state index in [1.54, 1.807) is 0 Å². The molecule has 0 aromatic carbocycles. The Hall–Kier alpha value is -0.380. The van der Waals surface area contributed by atoms with Gasteiger partial charge in [0.1, 0.15) is 6.79 Å². The van der Waals surface area contributed by atoms with Crippen LogP contribution in [0.2, 0.25) is 0 Å². The molecule has 0 bridgehead atoms. The molecule has 0 amide bonds. The quantitative estimate of drug-likeness (QED) is 0.512. The lowest BCUT2D eigenvalue weighted by molar-refractivity contribution is -0.154. The highest BCUT2D eigenvalue weighted by Crippen LogP contribution is 2.34. The Bertz CT molecular complexity index is 178. The van der Waals surface area contributed by atoms with Crippen LogP contribution in [0.5, 0.6) is 0 Å². The van der Waals surface area contributed by atoms with Crippen molar-refractivity contribution < 1.29 is 14.6 Å². The summed E-state index contributed by atoms with van der Waals surface area (Å²) in [5.41, 5.74) is 0.870. The van der Waals surface area contributed by atoms with Crippen LogP contribution in [0.25, 0.3) is 0 Å². The van der Waals surface area contributed by atoms with E-state index in [9.17, 15) is 5.11 Å². The molecule has 0 radical (unpaired) electrons. The van der Waals surface area contributed by atoms with E-state index in [0.29, 0.717) is 19.8 Å². The zero-order valence-electron chi connectivity index (χ0n) is 6.32. The summed E-state index contributed by atoms with van der Waals surface area (Å²) in [7, 11) is 0. The first kappa shape index (κ1) is 7.28. The molecule has 11 heavy (non-hydrogen) atoms. The van der Waals surface area contributed by atoms with Crippen molar-refractivity contribution in [2.75, 3.05) is 13.4 Å². The minimum absolute atomic E-state index is 0.145. The maximum Gasteiger partial charge on any atom is 0.147 e. The van der Waals surface area contributed by atoms with Gasteiger partial charge in [-0.2, -0.15) is 0 Å². The summed E-state index contributed by atoms with van der Waals surface area (Å²) in [6.07, 6.45) is 0.449. The lowest BCUT2D eigenvalue weighted by Crippen LogP contribution is -2.30. The predicted molar refractivity (Wildman–Crippen MR) is 38.9 cm³/mol. The number of rotatable bonds is 0. The minimum atomic E-state index is -0.383. The van der Waals surface area contributed by atoms with E-state index < -0.39 is 0 Å².